The fourth-order valence-corrected chi connectivity index (χ4v) is 3.01. The number of carbonyl (C=O) groups is 2. The molecule has 20 heavy (non-hydrogen) atoms. The van der Waals surface area contributed by atoms with Gasteiger partial charge in [0.15, 0.2) is 4.32 Å². The van der Waals surface area contributed by atoms with Crippen molar-refractivity contribution in [3.05, 3.63) is 33.1 Å². The molecule has 1 fully saturated rings. The topological polar surface area (TPSA) is 95.7 Å². The molecule has 0 unspecified atom stereocenters. The number of primary amides is 1. The van der Waals surface area contributed by atoms with Crippen LogP contribution in [0.15, 0.2) is 27.6 Å². The maximum absolute atomic E-state index is 12.0. The van der Waals surface area contributed by atoms with Crippen LogP contribution in [0.25, 0.3) is 6.08 Å². The lowest BCUT2D eigenvalue weighted by molar-refractivity contribution is -0.123. The second-order valence-corrected chi connectivity index (χ2v) is 6.29. The van der Waals surface area contributed by atoms with E-state index >= 15 is 0 Å². The predicted molar refractivity (Wildman–Crippen MR) is 83.5 cm³/mol. The summed E-state index contributed by atoms with van der Waals surface area (Å²) in [6.45, 7) is 0. The summed E-state index contributed by atoms with van der Waals surface area (Å²) in [7, 11) is 0. The van der Waals surface area contributed by atoms with Gasteiger partial charge in [-0.2, -0.15) is 5.01 Å². The van der Waals surface area contributed by atoms with Gasteiger partial charge in [-0.15, -0.1) is 0 Å². The van der Waals surface area contributed by atoms with E-state index in [2.05, 4.69) is 21.4 Å². The zero-order valence-electron chi connectivity index (χ0n) is 9.79. The Morgan fingerprint density at radius 3 is 2.90 bits per heavy atom. The molecular weight excluding hydrogens is 366 g/mol. The van der Waals surface area contributed by atoms with E-state index in [4.69, 9.17) is 18.0 Å². The summed E-state index contributed by atoms with van der Waals surface area (Å²) in [6.07, 6.45) is 1.49. The summed E-state index contributed by atoms with van der Waals surface area (Å²) in [4.78, 5) is 23.1. The number of hydrazine groups is 1. The summed E-state index contributed by atoms with van der Waals surface area (Å²) in [5, 5.41) is 10.6. The minimum absolute atomic E-state index is 0.0290. The van der Waals surface area contributed by atoms with E-state index in [1.165, 1.54) is 12.1 Å². The Morgan fingerprint density at radius 2 is 2.25 bits per heavy atom. The molecule has 1 aromatic rings. The van der Waals surface area contributed by atoms with Crippen molar-refractivity contribution in [2.75, 3.05) is 0 Å². The van der Waals surface area contributed by atoms with Crippen LogP contribution in [0.2, 0.25) is 0 Å². The second kappa shape index (κ2) is 5.81. The summed E-state index contributed by atoms with van der Waals surface area (Å²) in [5.41, 5.74) is 7.55. The number of rotatable bonds is 2. The molecule has 0 spiro atoms. The molecule has 0 atom stereocenters. The third-order valence-corrected chi connectivity index (χ3v) is 4.09. The number of nitrogens with zero attached hydrogens (tertiary/aromatic N) is 1. The number of hydrogen-bond acceptors (Lipinski definition) is 5. The zero-order chi connectivity index (χ0) is 14.9. The average molecular weight is 374 g/mol. The summed E-state index contributed by atoms with van der Waals surface area (Å²) in [5.74, 6) is -0.473. The van der Waals surface area contributed by atoms with E-state index in [1.807, 2.05) is 0 Å². The van der Waals surface area contributed by atoms with Crippen molar-refractivity contribution in [1.29, 1.82) is 0 Å². The van der Waals surface area contributed by atoms with Crippen LogP contribution in [-0.2, 0) is 4.79 Å². The normalized spacial score (nSPS) is 16.9. The number of halogens is 1. The van der Waals surface area contributed by atoms with Gasteiger partial charge in [-0.3, -0.25) is 4.79 Å². The van der Waals surface area contributed by atoms with Crippen molar-refractivity contribution in [2.24, 2.45) is 5.73 Å². The third kappa shape index (κ3) is 3.11. The maximum Gasteiger partial charge on any atom is 0.331 e. The molecule has 1 aliphatic rings. The molecule has 1 heterocycles. The van der Waals surface area contributed by atoms with Gasteiger partial charge >= 0.3 is 6.03 Å². The molecule has 3 amide bonds. The quantitative estimate of drug-likeness (QED) is 0.543. The first-order valence-corrected chi connectivity index (χ1v) is 7.23. The van der Waals surface area contributed by atoms with Crippen molar-refractivity contribution in [1.82, 2.24) is 10.4 Å². The van der Waals surface area contributed by atoms with Gasteiger partial charge in [0.25, 0.3) is 5.91 Å². The van der Waals surface area contributed by atoms with Crippen molar-refractivity contribution in [3.8, 4) is 5.75 Å². The van der Waals surface area contributed by atoms with Crippen molar-refractivity contribution in [3.63, 3.8) is 0 Å². The van der Waals surface area contributed by atoms with Gasteiger partial charge in [-0.05, 0) is 36.5 Å². The highest BCUT2D eigenvalue weighted by Crippen LogP contribution is 2.33. The molecule has 9 heteroatoms. The maximum atomic E-state index is 12.0. The molecule has 0 bridgehead atoms. The fraction of sp³-hybridized carbons (Fsp3) is 0. The zero-order valence-corrected chi connectivity index (χ0v) is 13.0. The Balaban J connectivity index is 2.32. The highest BCUT2D eigenvalue weighted by Gasteiger charge is 2.33. The molecule has 2 rings (SSSR count). The Morgan fingerprint density at radius 1 is 1.55 bits per heavy atom. The van der Waals surface area contributed by atoms with Gasteiger partial charge in [0.05, 0.1) is 4.91 Å². The number of nitrogens with one attached hydrogen (secondary N) is 1. The Kier molecular flexibility index (Phi) is 4.31. The van der Waals surface area contributed by atoms with Gasteiger partial charge < -0.3 is 10.8 Å². The first kappa shape index (κ1) is 14.8. The molecular formula is C11H8BrN3O3S2. The number of phenols is 1. The molecule has 6 nitrogen and oxygen atoms in total. The molecule has 1 aliphatic heterocycles. The minimum Gasteiger partial charge on any atom is -0.507 e. The van der Waals surface area contributed by atoms with Crippen LogP contribution in [0.3, 0.4) is 0 Å². The van der Waals surface area contributed by atoms with E-state index in [-0.39, 0.29) is 15.0 Å². The SMILES string of the molecule is NC(=O)NN1C(=O)C(=Cc2cc(Br)ccc2O)SC1=S. The third-order valence-electron chi connectivity index (χ3n) is 2.29. The average Bonchev–Trinajstić information content (AvgIpc) is 2.61. The van der Waals surface area contributed by atoms with Crippen LogP contribution < -0.4 is 11.2 Å². The van der Waals surface area contributed by atoms with E-state index in [0.717, 1.165) is 21.2 Å². The van der Waals surface area contributed by atoms with Crippen molar-refractivity contribution < 1.29 is 14.7 Å². The standard InChI is InChI=1S/C11H8BrN3O3S2/c12-6-1-2-7(16)5(3-6)4-8-9(17)15(11(19)20-8)14-10(13)18/h1-4,16H,(H3,13,14,18). The number of benzene rings is 1. The smallest absolute Gasteiger partial charge is 0.331 e. The van der Waals surface area contributed by atoms with Gasteiger partial charge in [0.1, 0.15) is 5.75 Å². The van der Waals surface area contributed by atoms with Gasteiger partial charge in [-0.1, -0.05) is 27.7 Å². The van der Waals surface area contributed by atoms with Gasteiger partial charge in [0.2, 0.25) is 0 Å². The number of urea groups is 1. The first-order chi connectivity index (χ1) is 9.38. The van der Waals surface area contributed by atoms with E-state index in [9.17, 15) is 14.7 Å². The Bertz CT molecular complexity index is 648. The van der Waals surface area contributed by atoms with Crippen LogP contribution >= 0.6 is 39.9 Å². The number of nitrogens with two attached hydrogens (primary N) is 1. The molecule has 1 aromatic carbocycles. The van der Waals surface area contributed by atoms with Crippen LogP contribution in [-0.4, -0.2) is 26.4 Å². The molecule has 4 N–H and O–H groups in total. The lowest BCUT2D eigenvalue weighted by Crippen LogP contribution is -2.47. The number of thioether (sulfide) groups is 1. The van der Waals surface area contributed by atoms with E-state index in [0.29, 0.717) is 5.56 Å². The Labute approximate surface area is 132 Å². The number of thiocarbonyl (C=S) groups is 1. The van der Waals surface area contributed by atoms with Crippen molar-refractivity contribution in [2.45, 2.75) is 0 Å². The number of amides is 3. The molecule has 0 aromatic heterocycles. The molecule has 104 valence electrons. The molecule has 0 aliphatic carbocycles. The second-order valence-electron chi connectivity index (χ2n) is 3.70. The summed E-state index contributed by atoms with van der Waals surface area (Å²) < 4.78 is 0.918. The lowest BCUT2D eigenvalue weighted by Gasteiger charge is -2.12. The summed E-state index contributed by atoms with van der Waals surface area (Å²) >= 11 is 9.25. The largest absolute Gasteiger partial charge is 0.507 e. The van der Waals surface area contributed by atoms with Crippen LogP contribution in [0, 0.1) is 0 Å². The van der Waals surface area contributed by atoms with E-state index in [1.54, 1.807) is 12.1 Å². The highest BCUT2D eigenvalue weighted by atomic mass is 79.9. The van der Waals surface area contributed by atoms with Crippen LogP contribution in [0.4, 0.5) is 4.79 Å². The fourth-order valence-electron chi connectivity index (χ4n) is 1.46. The molecule has 0 radical (unpaired) electrons. The first-order valence-electron chi connectivity index (χ1n) is 5.21. The highest BCUT2D eigenvalue weighted by molar-refractivity contribution is 9.10. The number of aromatic hydroxyl groups is 1. The van der Waals surface area contributed by atoms with E-state index < -0.39 is 11.9 Å². The van der Waals surface area contributed by atoms with Crippen LogP contribution in [0.5, 0.6) is 5.75 Å². The molecule has 1 saturated heterocycles. The predicted octanol–water partition coefficient (Wildman–Crippen LogP) is 1.94. The summed E-state index contributed by atoms with van der Waals surface area (Å²) in [6, 6.07) is 3.95. The number of carbonyl (C=O) groups excluding carboxylic acids is 2. The minimum atomic E-state index is -0.882. The monoisotopic (exact) mass is 373 g/mol. The lowest BCUT2D eigenvalue weighted by atomic mass is 10.2. The van der Waals surface area contributed by atoms with Gasteiger partial charge in [-0.25, -0.2) is 10.2 Å². The van der Waals surface area contributed by atoms with Crippen LogP contribution in [0.1, 0.15) is 5.56 Å². The van der Waals surface area contributed by atoms with Crippen molar-refractivity contribution >= 4 is 62.2 Å². The molecule has 0 saturated carbocycles. The Hall–Kier alpha value is -1.58. The number of phenolic OH excluding ortho intramolecular Hbond substituents is 1. The number of hydrogen-bond donors (Lipinski definition) is 3. The van der Waals surface area contributed by atoms with Gasteiger partial charge in [0, 0.05) is 10.0 Å².